The van der Waals surface area contributed by atoms with Crippen LogP contribution >= 0.6 is 14.5 Å². The molecule has 0 nitrogen and oxygen atoms in total. The van der Waals surface area contributed by atoms with Crippen LogP contribution in [0.15, 0.2) is 84.9 Å². The van der Waals surface area contributed by atoms with Gasteiger partial charge in [0.15, 0.2) is 0 Å². The lowest BCUT2D eigenvalue weighted by Gasteiger charge is -2.26. The van der Waals surface area contributed by atoms with E-state index >= 15 is 0 Å². The summed E-state index contributed by atoms with van der Waals surface area (Å²) in [5.41, 5.74) is 0. The molecule has 0 aliphatic carbocycles. The monoisotopic (exact) mass is 352 g/mol. The van der Waals surface area contributed by atoms with Crippen molar-refractivity contribution in [1.82, 2.24) is 0 Å². The van der Waals surface area contributed by atoms with Gasteiger partial charge in [0, 0.05) is 7.26 Å². The minimum atomic E-state index is -1.63. The third-order valence-corrected chi connectivity index (χ3v) is 10.7. The second-order valence-electron chi connectivity index (χ2n) is 7.18. The Balaban J connectivity index is 2.33. The summed E-state index contributed by atoms with van der Waals surface area (Å²) in [5.74, 6) is 0. The Morgan fingerprint density at radius 2 is 0.833 bits per heavy atom. The highest BCUT2D eigenvalue weighted by Crippen LogP contribution is 2.55. The topological polar surface area (TPSA) is 0 Å². The first-order valence-electron chi connectivity index (χ1n) is 8.33. The summed E-state index contributed by atoms with van der Waals surface area (Å²) in [6.07, 6.45) is 0. The Kier molecular flexibility index (Phi) is 4.91. The first-order valence-corrected chi connectivity index (χ1v) is 13.7. The summed E-state index contributed by atoms with van der Waals surface area (Å²) in [6.45, 7) is 9.75. The quantitative estimate of drug-likeness (QED) is 0.619. The van der Waals surface area contributed by atoms with Gasteiger partial charge in [-0.25, -0.2) is 0 Å². The zero-order valence-electron chi connectivity index (χ0n) is 15.0. The minimum absolute atomic E-state index is 1.12. The summed E-state index contributed by atoms with van der Waals surface area (Å²) < 4.78 is 0. The first kappa shape index (κ1) is 17.3. The van der Waals surface area contributed by atoms with Crippen LogP contribution in [0, 0.1) is 0 Å². The van der Waals surface area contributed by atoms with Crippen LogP contribution in [0.1, 0.15) is 0 Å². The van der Waals surface area contributed by atoms with Gasteiger partial charge in [0.25, 0.3) is 0 Å². The molecule has 0 N–H and O–H groups in total. The molecule has 2 heteroatoms. The standard InChI is InChI=1S/C22H26P2/c1-23(2,3)21-17-11-12-18-22(21)24(4,19-13-7-5-8-14-19)20-15-9-6-10-16-20/h5-18H,1-4H3/q+2. The predicted octanol–water partition coefficient (Wildman–Crippen LogP) is 4.14. The number of benzene rings is 3. The van der Waals surface area contributed by atoms with Crippen LogP contribution in [0.4, 0.5) is 0 Å². The summed E-state index contributed by atoms with van der Waals surface area (Å²) >= 11 is 0. The van der Waals surface area contributed by atoms with Crippen LogP contribution in [0.3, 0.4) is 0 Å². The summed E-state index contributed by atoms with van der Waals surface area (Å²) in [6, 6.07) is 31.3. The maximum atomic E-state index is 2.48. The first-order chi connectivity index (χ1) is 11.4. The van der Waals surface area contributed by atoms with Crippen molar-refractivity contribution in [3.05, 3.63) is 84.9 Å². The Morgan fingerprint density at radius 1 is 0.458 bits per heavy atom. The Morgan fingerprint density at radius 3 is 1.25 bits per heavy atom. The van der Waals surface area contributed by atoms with Gasteiger partial charge in [-0.05, 0) is 36.4 Å². The average molecular weight is 352 g/mol. The Hall–Kier alpha value is -1.48. The molecule has 122 valence electrons. The normalized spacial score (nSPS) is 12.2. The zero-order chi connectivity index (χ0) is 17.2. The largest absolute Gasteiger partial charge is 0.146 e. The van der Waals surface area contributed by atoms with E-state index in [1.54, 1.807) is 10.6 Å². The third-order valence-electron chi connectivity index (χ3n) is 4.63. The molecule has 3 aromatic carbocycles. The fourth-order valence-corrected chi connectivity index (χ4v) is 9.39. The number of hydrogen-bond acceptors (Lipinski definition) is 0. The van der Waals surface area contributed by atoms with Gasteiger partial charge < -0.3 is 0 Å². The van der Waals surface area contributed by atoms with Gasteiger partial charge in [-0.3, -0.25) is 0 Å². The van der Waals surface area contributed by atoms with Gasteiger partial charge in [0.05, 0.1) is 26.7 Å². The molecule has 3 aromatic rings. The lowest BCUT2D eigenvalue weighted by Crippen LogP contribution is -2.38. The van der Waals surface area contributed by atoms with Crippen molar-refractivity contribution in [1.29, 1.82) is 0 Å². The van der Waals surface area contributed by atoms with Gasteiger partial charge in [0.1, 0.15) is 28.5 Å². The van der Waals surface area contributed by atoms with Gasteiger partial charge in [-0.2, -0.15) is 0 Å². The van der Waals surface area contributed by atoms with Crippen molar-refractivity contribution in [2.75, 3.05) is 26.7 Å². The molecular weight excluding hydrogens is 326 g/mol. The SMILES string of the molecule is C[P+](C)(C)c1ccccc1[P+](C)(c1ccccc1)c1ccccc1. The highest BCUT2D eigenvalue weighted by Gasteiger charge is 2.45. The van der Waals surface area contributed by atoms with E-state index in [1.807, 2.05) is 0 Å². The van der Waals surface area contributed by atoms with Crippen LogP contribution in [0.2, 0.25) is 0 Å². The van der Waals surface area contributed by atoms with Crippen LogP contribution < -0.4 is 21.2 Å². The third kappa shape index (κ3) is 3.19. The molecule has 0 heterocycles. The van der Waals surface area contributed by atoms with E-state index in [0.29, 0.717) is 0 Å². The lowest BCUT2D eigenvalue weighted by atomic mass is 10.3. The van der Waals surface area contributed by atoms with Crippen molar-refractivity contribution in [3.63, 3.8) is 0 Å². The second kappa shape index (κ2) is 6.79. The molecule has 24 heavy (non-hydrogen) atoms. The molecular formula is C22H26P2+2. The Labute approximate surface area is 147 Å². The molecule has 0 atom stereocenters. The van der Waals surface area contributed by atoms with Gasteiger partial charge in [-0.15, -0.1) is 0 Å². The molecule has 0 saturated carbocycles. The summed E-state index contributed by atoms with van der Waals surface area (Å²) in [4.78, 5) is 0. The number of rotatable bonds is 4. The second-order valence-corrected chi connectivity index (χ2v) is 15.2. The van der Waals surface area contributed by atoms with Gasteiger partial charge in [-0.1, -0.05) is 48.5 Å². The van der Waals surface area contributed by atoms with Crippen molar-refractivity contribution in [2.45, 2.75) is 0 Å². The van der Waals surface area contributed by atoms with Crippen LogP contribution in [0.5, 0.6) is 0 Å². The van der Waals surface area contributed by atoms with Crippen molar-refractivity contribution < 1.29 is 0 Å². The molecule has 0 aromatic heterocycles. The molecule has 0 amide bonds. The molecule has 0 aliphatic heterocycles. The van der Waals surface area contributed by atoms with E-state index in [9.17, 15) is 0 Å². The van der Waals surface area contributed by atoms with Gasteiger partial charge in [0.2, 0.25) is 0 Å². The minimum Gasteiger partial charge on any atom is -0.0620 e. The van der Waals surface area contributed by atoms with E-state index in [1.165, 1.54) is 10.6 Å². The number of hydrogen-bond donors (Lipinski definition) is 0. The van der Waals surface area contributed by atoms with Crippen LogP contribution in [-0.4, -0.2) is 26.7 Å². The highest BCUT2D eigenvalue weighted by atomic mass is 31.2. The fourth-order valence-electron chi connectivity index (χ4n) is 3.29. The maximum absolute atomic E-state index is 2.48. The molecule has 0 radical (unpaired) electrons. The van der Waals surface area contributed by atoms with Gasteiger partial charge >= 0.3 is 0 Å². The molecule has 0 spiro atoms. The van der Waals surface area contributed by atoms with Crippen LogP contribution in [-0.2, 0) is 0 Å². The molecule has 0 fully saturated rings. The van der Waals surface area contributed by atoms with Crippen molar-refractivity contribution >= 4 is 35.7 Å². The van der Waals surface area contributed by atoms with E-state index in [0.717, 1.165) is 0 Å². The molecule has 3 rings (SSSR count). The predicted molar refractivity (Wildman–Crippen MR) is 115 cm³/mol. The van der Waals surface area contributed by atoms with E-state index < -0.39 is 14.5 Å². The molecule has 0 aliphatic rings. The average Bonchev–Trinajstić information content (AvgIpc) is 2.62. The Bertz CT molecular complexity index is 763. The fraction of sp³-hybridized carbons (Fsp3) is 0.182. The zero-order valence-corrected chi connectivity index (χ0v) is 16.8. The molecule has 0 saturated heterocycles. The molecule has 0 bridgehead atoms. The van der Waals surface area contributed by atoms with Crippen LogP contribution in [0.25, 0.3) is 0 Å². The smallest absolute Gasteiger partial charge is 0.0620 e. The van der Waals surface area contributed by atoms with E-state index in [-0.39, 0.29) is 0 Å². The van der Waals surface area contributed by atoms with E-state index in [4.69, 9.17) is 0 Å². The maximum Gasteiger partial charge on any atom is 0.146 e. The molecule has 0 unspecified atom stereocenters. The van der Waals surface area contributed by atoms with Crippen molar-refractivity contribution in [3.8, 4) is 0 Å². The van der Waals surface area contributed by atoms with Crippen molar-refractivity contribution in [2.24, 2.45) is 0 Å². The lowest BCUT2D eigenvalue weighted by molar-refractivity contribution is 1.72. The highest BCUT2D eigenvalue weighted by molar-refractivity contribution is 7.97. The van der Waals surface area contributed by atoms with E-state index in [2.05, 4.69) is 112 Å². The summed E-state index contributed by atoms with van der Waals surface area (Å²) in [7, 11) is -2.75. The summed E-state index contributed by atoms with van der Waals surface area (Å²) in [5, 5.41) is 6.02.